The molecule has 1 N–H and O–H groups in total. The van der Waals surface area contributed by atoms with Crippen LogP contribution in [-0.4, -0.2) is 5.11 Å². The molecule has 2 rings (SSSR count). The third-order valence-corrected chi connectivity index (χ3v) is 5.20. The minimum Gasteiger partial charge on any atom is -0.507 e. The van der Waals surface area contributed by atoms with Gasteiger partial charge in [-0.1, -0.05) is 111 Å². The Bertz CT molecular complexity index is 835. The van der Waals surface area contributed by atoms with Crippen molar-refractivity contribution in [3.05, 3.63) is 70.3 Å². The minimum absolute atomic E-state index is 0.00814. The van der Waals surface area contributed by atoms with E-state index in [0.29, 0.717) is 5.75 Å². The first-order valence-corrected chi connectivity index (χ1v) is 10.3. The molecule has 0 spiro atoms. The van der Waals surface area contributed by atoms with Crippen molar-refractivity contribution in [3.8, 4) is 5.75 Å². The summed E-state index contributed by atoms with van der Waals surface area (Å²) < 4.78 is 0. The molecule has 152 valence electrons. The molecule has 0 aliphatic rings. The highest BCUT2D eigenvalue weighted by molar-refractivity contribution is 5.58. The van der Waals surface area contributed by atoms with E-state index >= 15 is 0 Å². The van der Waals surface area contributed by atoms with Gasteiger partial charge in [0.15, 0.2) is 0 Å². The Hall–Kier alpha value is -2.02. The average molecular weight is 379 g/mol. The lowest BCUT2D eigenvalue weighted by Crippen LogP contribution is -2.26. The maximum Gasteiger partial charge on any atom is 0.123 e. The zero-order valence-corrected chi connectivity index (χ0v) is 19.3. The summed E-state index contributed by atoms with van der Waals surface area (Å²) >= 11 is 0. The fourth-order valence-corrected chi connectivity index (χ4v) is 3.82. The fourth-order valence-electron chi connectivity index (χ4n) is 3.82. The maximum atomic E-state index is 11.3. The predicted molar refractivity (Wildman–Crippen MR) is 123 cm³/mol. The van der Waals surface area contributed by atoms with Crippen molar-refractivity contribution in [3.63, 3.8) is 0 Å². The fraction of sp³-hybridized carbons (Fsp3) is 0.481. The molecule has 2 aromatic rings. The molecule has 0 heterocycles. The molecule has 0 fully saturated rings. The Labute approximate surface area is 172 Å². The number of phenols is 1. The summed E-state index contributed by atoms with van der Waals surface area (Å²) in [6, 6.07) is 12.6. The summed E-state index contributed by atoms with van der Waals surface area (Å²) in [6.45, 7) is 20.1. The first-order valence-electron chi connectivity index (χ1n) is 10.3. The lowest BCUT2D eigenvalue weighted by Gasteiger charge is -2.35. The van der Waals surface area contributed by atoms with Crippen LogP contribution in [0, 0.1) is 0 Å². The normalized spacial score (nSPS) is 13.3. The van der Waals surface area contributed by atoms with Gasteiger partial charge in [0, 0.05) is 5.56 Å². The Kier molecular flexibility index (Phi) is 6.19. The number of allylic oxidation sites excluding steroid dienone is 1. The van der Waals surface area contributed by atoms with Gasteiger partial charge in [0.05, 0.1) is 0 Å². The second kappa shape index (κ2) is 7.78. The monoisotopic (exact) mass is 378 g/mol. The van der Waals surface area contributed by atoms with Crippen molar-refractivity contribution >= 4 is 6.08 Å². The summed E-state index contributed by atoms with van der Waals surface area (Å²) in [6.07, 6.45) is 5.05. The molecule has 0 amide bonds. The van der Waals surface area contributed by atoms with Gasteiger partial charge >= 0.3 is 0 Å². The zero-order chi connectivity index (χ0) is 21.3. The largest absolute Gasteiger partial charge is 0.507 e. The molecule has 0 radical (unpaired) electrons. The van der Waals surface area contributed by atoms with E-state index in [1.807, 2.05) is 6.07 Å². The molecule has 1 heteroatoms. The van der Waals surface area contributed by atoms with Gasteiger partial charge in [-0.15, -0.1) is 0 Å². The second-order valence-electron chi connectivity index (χ2n) is 10.9. The van der Waals surface area contributed by atoms with Crippen LogP contribution in [0.1, 0.15) is 90.1 Å². The average Bonchev–Trinajstić information content (AvgIpc) is 2.53. The number of hydrogen-bond acceptors (Lipinski definition) is 1. The molecule has 1 nitrogen and oxygen atoms in total. The number of hydrogen-bond donors (Lipinski definition) is 1. The van der Waals surface area contributed by atoms with Gasteiger partial charge in [-0.25, -0.2) is 0 Å². The highest BCUT2D eigenvalue weighted by Gasteiger charge is 2.32. The Morgan fingerprint density at radius 3 is 1.75 bits per heavy atom. The van der Waals surface area contributed by atoms with E-state index < -0.39 is 0 Å². The molecule has 0 aromatic heterocycles. The van der Waals surface area contributed by atoms with E-state index in [2.05, 4.69) is 105 Å². The standard InChI is InChI=1S/C27H38O/c1-25(2,3)21-18-22(26(4,5)6)24(28)20(23(21)27(7,8)9)17-13-16-19-14-11-10-12-15-19/h10-16,18,28H,17H2,1-9H3/b16-13+. The number of phenolic OH excluding ortho intramolecular Hbond substituents is 1. The summed E-state index contributed by atoms with van der Waals surface area (Å²) in [5.41, 5.74) is 5.75. The summed E-state index contributed by atoms with van der Waals surface area (Å²) in [4.78, 5) is 0. The Morgan fingerprint density at radius 1 is 0.750 bits per heavy atom. The quantitative estimate of drug-likeness (QED) is 0.585. The van der Waals surface area contributed by atoms with Gasteiger partial charge in [0.2, 0.25) is 0 Å². The van der Waals surface area contributed by atoms with Crippen LogP contribution >= 0.6 is 0 Å². The van der Waals surface area contributed by atoms with Gasteiger partial charge in [-0.05, 0) is 44.9 Å². The van der Waals surface area contributed by atoms with Gasteiger partial charge in [0.25, 0.3) is 0 Å². The van der Waals surface area contributed by atoms with Crippen molar-refractivity contribution in [2.45, 2.75) is 85.0 Å². The van der Waals surface area contributed by atoms with Crippen LogP contribution < -0.4 is 0 Å². The van der Waals surface area contributed by atoms with Gasteiger partial charge in [-0.2, -0.15) is 0 Å². The molecule has 2 aromatic carbocycles. The van der Waals surface area contributed by atoms with Crippen LogP contribution in [0.25, 0.3) is 6.08 Å². The van der Waals surface area contributed by atoms with Crippen molar-refractivity contribution in [2.75, 3.05) is 0 Å². The zero-order valence-electron chi connectivity index (χ0n) is 19.3. The van der Waals surface area contributed by atoms with E-state index in [1.54, 1.807) is 0 Å². The van der Waals surface area contributed by atoms with E-state index in [1.165, 1.54) is 16.7 Å². The predicted octanol–water partition coefficient (Wildman–Crippen LogP) is 7.54. The Balaban J connectivity index is 2.71. The van der Waals surface area contributed by atoms with Gasteiger partial charge in [-0.3, -0.25) is 0 Å². The van der Waals surface area contributed by atoms with E-state index in [4.69, 9.17) is 0 Å². The van der Waals surface area contributed by atoms with Crippen LogP contribution in [0.5, 0.6) is 5.75 Å². The first-order chi connectivity index (χ1) is 12.7. The van der Waals surface area contributed by atoms with Crippen LogP contribution in [-0.2, 0) is 22.7 Å². The first kappa shape index (κ1) is 22.3. The van der Waals surface area contributed by atoms with E-state index in [-0.39, 0.29) is 16.2 Å². The molecule has 28 heavy (non-hydrogen) atoms. The molecule has 0 saturated heterocycles. The molecule has 0 atom stereocenters. The third-order valence-electron chi connectivity index (χ3n) is 5.20. The summed E-state index contributed by atoms with van der Waals surface area (Å²) in [5, 5.41) is 11.3. The second-order valence-corrected chi connectivity index (χ2v) is 10.9. The molecular weight excluding hydrogens is 340 g/mol. The van der Waals surface area contributed by atoms with Crippen LogP contribution in [0.15, 0.2) is 42.5 Å². The lowest BCUT2D eigenvalue weighted by molar-refractivity contribution is 0.431. The van der Waals surface area contributed by atoms with Crippen molar-refractivity contribution in [2.24, 2.45) is 0 Å². The SMILES string of the molecule is CC(C)(C)c1cc(C(C)(C)C)c(C(C)(C)C)c(C/C=C/c2ccccc2)c1O. The van der Waals surface area contributed by atoms with E-state index in [0.717, 1.165) is 17.5 Å². The lowest BCUT2D eigenvalue weighted by atomic mass is 9.69. The smallest absolute Gasteiger partial charge is 0.123 e. The van der Waals surface area contributed by atoms with Crippen LogP contribution in [0.2, 0.25) is 0 Å². The van der Waals surface area contributed by atoms with E-state index in [9.17, 15) is 5.11 Å². The molecule has 0 aliphatic carbocycles. The van der Waals surface area contributed by atoms with Gasteiger partial charge < -0.3 is 5.11 Å². The number of aromatic hydroxyl groups is 1. The highest BCUT2D eigenvalue weighted by Crippen LogP contribution is 2.45. The Morgan fingerprint density at radius 2 is 1.29 bits per heavy atom. The number of rotatable bonds is 3. The van der Waals surface area contributed by atoms with Crippen LogP contribution in [0.3, 0.4) is 0 Å². The van der Waals surface area contributed by atoms with Crippen molar-refractivity contribution in [1.29, 1.82) is 0 Å². The van der Waals surface area contributed by atoms with Crippen molar-refractivity contribution in [1.82, 2.24) is 0 Å². The third kappa shape index (κ3) is 5.07. The maximum absolute atomic E-state index is 11.3. The summed E-state index contributed by atoms with van der Waals surface area (Å²) in [5.74, 6) is 0.461. The summed E-state index contributed by atoms with van der Waals surface area (Å²) in [7, 11) is 0. The minimum atomic E-state index is -0.113. The molecule has 0 bridgehead atoms. The molecular formula is C27H38O. The van der Waals surface area contributed by atoms with Gasteiger partial charge in [0.1, 0.15) is 5.75 Å². The number of benzene rings is 2. The van der Waals surface area contributed by atoms with Crippen molar-refractivity contribution < 1.29 is 5.11 Å². The van der Waals surface area contributed by atoms with Crippen LogP contribution in [0.4, 0.5) is 0 Å². The molecule has 0 unspecified atom stereocenters. The molecule has 0 aliphatic heterocycles. The highest BCUT2D eigenvalue weighted by atomic mass is 16.3. The topological polar surface area (TPSA) is 20.2 Å². The molecule has 0 saturated carbocycles.